The number of anilines is 1. The molecule has 0 saturated carbocycles. The van der Waals surface area contributed by atoms with E-state index in [9.17, 15) is 13.2 Å². The first-order valence-corrected chi connectivity index (χ1v) is 13.8. The van der Waals surface area contributed by atoms with Crippen LogP contribution in [0.4, 0.5) is 5.13 Å². The minimum absolute atomic E-state index is 0.151. The van der Waals surface area contributed by atoms with Crippen LogP contribution in [0.2, 0.25) is 4.34 Å². The normalized spacial score (nSPS) is 17.4. The Morgan fingerprint density at radius 3 is 2.59 bits per heavy atom. The van der Waals surface area contributed by atoms with Crippen LogP contribution in [0.3, 0.4) is 0 Å². The molecule has 0 spiro atoms. The van der Waals surface area contributed by atoms with Gasteiger partial charge < -0.3 is 5.32 Å². The Bertz CT molecular complexity index is 1240. The van der Waals surface area contributed by atoms with Gasteiger partial charge in [0.1, 0.15) is 4.21 Å². The van der Waals surface area contributed by atoms with Gasteiger partial charge in [0.15, 0.2) is 5.13 Å². The monoisotopic (exact) mass is 509 g/mol. The van der Waals surface area contributed by atoms with Crippen molar-refractivity contribution >= 4 is 55.3 Å². The molecular formula is C22H24ClN3O3S3. The first-order chi connectivity index (χ1) is 15.1. The van der Waals surface area contributed by atoms with E-state index < -0.39 is 15.9 Å². The molecule has 1 aliphatic heterocycles. The summed E-state index contributed by atoms with van der Waals surface area (Å²) in [6, 6.07) is 7.33. The number of aromatic nitrogens is 1. The number of aryl methyl sites for hydroxylation is 3. The Balaban J connectivity index is 1.47. The summed E-state index contributed by atoms with van der Waals surface area (Å²) < 4.78 is 27.8. The highest BCUT2D eigenvalue weighted by atomic mass is 35.5. The molecule has 4 rings (SSSR count). The first kappa shape index (κ1) is 23.4. The summed E-state index contributed by atoms with van der Waals surface area (Å²) in [4.78, 5) is 17.5. The number of halogens is 1. The zero-order valence-electron chi connectivity index (χ0n) is 18.0. The lowest BCUT2D eigenvalue weighted by Gasteiger charge is -2.30. The van der Waals surface area contributed by atoms with Gasteiger partial charge in [-0.3, -0.25) is 4.79 Å². The zero-order valence-corrected chi connectivity index (χ0v) is 21.2. The molecule has 6 nitrogen and oxygen atoms in total. The van der Waals surface area contributed by atoms with Crippen LogP contribution in [-0.2, 0) is 14.8 Å². The molecule has 0 radical (unpaired) electrons. The summed E-state index contributed by atoms with van der Waals surface area (Å²) >= 11 is 8.32. The van der Waals surface area contributed by atoms with Crippen LogP contribution < -0.4 is 5.32 Å². The van der Waals surface area contributed by atoms with Crippen LogP contribution in [-0.4, -0.2) is 36.7 Å². The molecule has 1 saturated heterocycles. The highest BCUT2D eigenvalue weighted by Gasteiger charge is 2.34. The summed E-state index contributed by atoms with van der Waals surface area (Å²) in [6.07, 6.45) is 1.26. The van der Waals surface area contributed by atoms with Gasteiger partial charge in [-0.2, -0.15) is 4.31 Å². The molecule has 10 heteroatoms. The van der Waals surface area contributed by atoms with E-state index in [1.54, 1.807) is 6.07 Å². The third kappa shape index (κ3) is 4.77. The van der Waals surface area contributed by atoms with Crippen LogP contribution in [0.5, 0.6) is 0 Å². The summed E-state index contributed by atoms with van der Waals surface area (Å²) in [5.41, 5.74) is 5.41. The molecule has 1 fully saturated rings. The predicted octanol–water partition coefficient (Wildman–Crippen LogP) is 5.49. The average Bonchev–Trinajstić information content (AvgIpc) is 3.37. The van der Waals surface area contributed by atoms with Gasteiger partial charge in [0.05, 0.1) is 15.9 Å². The topological polar surface area (TPSA) is 79.4 Å². The number of thiazole rings is 1. The van der Waals surface area contributed by atoms with E-state index in [4.69, 9.17) is 11.6 Å². The number of piperidine rings is 1. The summed E-state index contributed by atoms with van der Waals surface area (Å²) in [5.74, 6) is -0.628. The van der Waals surface area contributed by atoms with Crippen LogP contribution >= 0.6 is 34.3 Å². The fourth-order valence-electron chi connectivity index (χ4n) is 4.18. The Kier molecular flexibility index (Phi) is 6.74. The second-order valence-electron chi connectivity index (χ2n) is 8.06. The van der Waals surface area contributed by atoms with E-state index in [1.807, 2.05) is 5.38 Å². The molecule has 3 heterocycles. The number of carbonyl (C=O) groups is 1. The molecule has 3 aromatic rings. The maximum Gasteiger partial charge on any atom is 0.252 e. The van der Waals surface area contributed by atoms with Crippen molar-refractivity contribution in [3.8, 4) is 11.3 Å². The van der Waals surface area contributed by atoms with Gasteiger partial charge in [0.2, 0.25) is 5.91 Å². The number of benzene rings is 1. The van der Waals surface area contributed by atoms with Gasteiger partial charge in [0, 0.05) is 24.0 Å². The molecule has 1 aromatic carbocycles. The number of nitrogens with zero attached hydrogens (tertiary/aromatic N) is 2. The zero-order chi connectivity index (χ0) is 23.0. The number of thiophene rings is 1. The highest BCUT2D eigenvalue weighted by Crippen LogP contribution is 2.33. The number of nitrogens with one attached hydrogen (secondary N) is 1. The second kappa shape index (κ2) is 9.23. The molecule has 170 valence electrons. The third-order valence-electron chi connectivity index (χ3n) is 5.57. The van der Waals surface area contributed by atoms with Crippen molar-refractivity contribution in [3.05, 3.63) is 50.7 Å². The van der Waals surface area contributed by atoms with Gasteiger partial charge >= 0.3 is 0 Å². The number of carbonyl (C=O) groups excluding carboxylic acids is 1. The van der Waals surface area contributed by atoms with Crippen LogP contribution in [0.25, 0.3) is 11.3 Å². The fraction of sp³-hybridized carbons (Fsp3) is 0.364. The number of hydrogen-bond acceptors (Lipinski definition) is 6. The highest BCUT2D eigenvalue weighted by molar-refractivity contribution is 7.91. The quantitative estimate of drug-likeness (QED) is 0.493. The largest absolute Gasteiger partial charge is 0.302 e. The summed E-state index contributed by atoms with van der Waals surface area (Å²) in [5, 5.41) is 5.36. The Hall–Kier alpha value is -1.78. The van der Waals surface area contributed by atoms with Crippen molar-refractivity contribution in [2.45, 2.75) is 37.8 Å². The van der Waals surface area contributed by atoms with Gasteiger partial charge in [-0.25, -0.2) is 13.4 Å². The predicted molar refractivity (Wildman–Crippen MR) is 131 cm³/mol. The number of sulfonamides is 1. The third-order valence-corrected chi connectivity index (χ3v) is 9.89. The van der Waals surface area contributed by atoms with Crippen molar-refractivity contribution in [1.82, 2.24) is 9.29 Å². The molecule has 1 aliphatic rings. The van der Waals surface area contributed by atoms with Crippen molar-refractivity contribution in [1.29, 1.82) is 0 Å². The lowest BCUT2D eigenvalue weighted by Crippen LogP contribution is -2.43. The minimum atomic E-state index is -3.65. The molecule has 32 heavy (non-hydrogen) atoms. The Labute approximate surface area is 201 Å². The van der Waals surface area contributed by atoms with Gasteiger partial charge in [-0.05, 0) is 56.9 Å². The molecule has 2 aromatic heterocycles. The summed E-state index contributed by atoms with van der Waals surface area (Å²) in [7, 11) is -3.65. The van der Waals surface area contributed by atoms with E-state index >= 15 is 0 Å². The van der Waals surface area contributed by atoms with Crippen molar-refractivity contribution in [2.24, 2.45) is 5.92 Å². The van der Waals surface area contributed by atoms with E-state index in [0.29, 0.717) is 28.9 Å². The maximum absolute atomic E-state index is 12.9. The van der Waals surface area contributed by atoms with Crippen LogP contribution in [0.1, 0.15) is 29.5 Å². The minimum Gasteiger partial charge on any atom is -0.302 e. The molecule has 1 atom stereocenters. The van der Waals surface area contributed by atoms with Gasteiger partial charge in [0.25, 0.3) is 10.0 Å². The molecule has 0 bridgehead atoms. The maximum atomic E-state index is 12.9. The molecule has 0 aliphatic carbocycles. The van der Waals surface area contributed by atoms with Gasteiger partial charge in [-0.1, -0.05) is 29.3 Å². The fourth-order valence-corrected chi connectivity index (χ4v) is 8.04. The Morgan fingerprint density at radius 1 is 1.22 bits per heavy atom. The average molecular weight is 510 g/mol. The van der Waals surface area contributed by atoms with Crippen molar-refractivity contribution < 1.29 is 13.2 Å². The Morgan fingerprint density at radius 2 is 1.94 bits per heavy atom. The second-order valence-corrected chi connectivity index (χ2v) is 12.8. The van der Waals surface area contributed by atoms with Crippen LogP contribution in [0, 0.1) is 26.7 Å². The number of rotatable bonds is 5. The standard InChI is InChI=1S/C22H24ClN3O3S3/c1-13-9-14(2)20(15(3)10-13)17-12-30-22(24-17)25-21(27)16-5-4-8-26(11-16)32(28,29)19-7-6-18(23)31-19/h6-7,9-10,12,16H,4-5,8,11H2,1-3H3,(H,24,25,27). The molecule has 1 amide bonds. The van der Waals surface area contributed by atoms with E-state index in [0.717, 1.165) is 33.7 Å². The van der Waals surface area contributed by atoms with Gasteiger partial charge in [-0.15, -0.1) is 22.7 Å². The molecular weight excluding hydrogens is 486 g/mol. The SMILES string of the molecule is Cc1cc(C)c(-c2csc(NC(=O)C3CCCN(S(=O)(=O)c4ccc(Cl)s4)C3)n2)c(C)c1. The van der Waals surface area contributed by atoms with E-state index in [1.165, 1.54) is 27.3 Å². The van der Waals surface area contributed by atoms with Crippen molar-refractivity contribution in [2.75, 3.05) is 18.4 Å². The molecule has 1 N–H and O–H groups in total. The van der Waals surface area contributed by atoms with Crippen LogP contribution in [0.15, 0.2) is 33.9 Å². The lowest BCUT2D eigenvalue weighted by atomic mass is 9.98. The number of amides is 1. The smallest absolute Gasteiger partial charge is 0.252 e. The van der Waals surface area contributed by atoms with E-state index in [2.05, 4.69) is 43.2 Å². The summed E-state index contributed by atoms with van der Waals surface area (Å²) in [6.45, 7) is 6.74. The van der Waals surface area contributed by atoms with Crippen molar-refractivity contribution in [3.63, 3.8) is 0 Å². The molecule has 1 unspecified atom stereocenters. The van der Waals surface area contributed by atoms with E-state index in [-0.39, 0.29) is 16.7 Å². The lowest BCUT2D eigenvalue weighted by molar-refractivity contribution is -0.120. The number of hydrogen-bond donors (Lipinski definition) is 1. The first-order valence-electron chi connectivity index (χ1n) is 10.3.